The fourth-order valence-corrected chi connectivity index (χ4v) is 3.31. The molecule has 1 N–H and O–H groups in total. The number of fused-ring (bicyclic) bond motifs is 1. The summed E-state index contributed by atoms with van der Waals surface area (Å²) in [4.78, 5) is 16.6. The van der Waals surface area contributed by atoms with Gasteiger partial charge in [-0.15, -0.1) is 0 Å². The molecule has 0 fully saturated rings. The molecule has 0 bridgehead atoms. The molecular weight excluding hydrogens is 324 g/mol. The van der Waals surface area contributed by atoms with Crippen molar-refractivity contribution in [1.82, 2.24) is 4.98 Å². The van der Waals surface area contributed by atoms with Gasteiger partial charge in [0.15, 0.2) is 23.2 Å². The van der Waals surface area contributed by atoms with Gasteiger partial charge >= 0.3 is 0 Å². The van der Waals surface area contributed by atoms with Crippen LogP contribution in [0.4, 0.5) is 5.13 Å². The van der Waals surface area contributed by atoms with Crippen LogP contribution in [0.2, 0.25) is 0 Å². The van der Waals surface area contributed by atoms with Crippen LogP contribution in [-0.2, 0) is 11.2 Å². The van der Waals surface area contributed by atoms with Crippen LogP contribution < -0.4 is 14.8 Å². The number of ether oxygens (including phenoxy) is 2. The van der Waals surface area contributed by atoms with Crippen molar-refractivity contribution in [3.8, 4) is 11.5 Å². The van der Waals surface area contributed by atoms with Gasteiger partial charge in [-0.25, -0.2) is 4.98 Å². The molecule has 1 heterocycles. The smallest absolute Gasteiger partial charge is 0.264 e. The summed E-state index contributed by atoms with van der Waals surface area (Å²) in [6, 6.07) is 13.3. The Hall–Kier alpha value is -2.60. The normalized spacial score (nSPS) is 10.6. The van der Waals surface area contributed by atoms with Crippen LogP contribution in [0.3, 0.4) is 0 Å². The summed E-state index contributed by atoms with van der Waals surface area (Å²) in [5, 5.41) is 3.38. The third kappa shape index (κ3) is 3.49. The second-order valence-corrected chi connectivity index (χ2v) is 6.15. The maximum Gasteiger partial charge on any atom is 0.264 e. The Morgan fingerprint density at radius 2 is 1.96 bits per heavy atom. The molecule has 1 amide bonds. The second kappa shape index (κ2) is 7.31. The van der Waals surface area contributed by atoms with Crippen molar-refractivity contribution in [2.75, 3.05) is 19.0 Å². The lowest BCUT2D eigenvalue weighted by atomic mass is 10.1. The van der Waals surface area contributed by atoms with Crippen molar-refractivity contribution in [3.63, 3.8) is 0 Å². The molecule has 0 aliphatic heterocycles. The highest BCUT2D eigenvalue weighted by molar-refractivity contribution is 7.22. The number of amides is 1. The number of aryl methyl sites for hydroxylation is 1. The molecular formula is C18H18N2O3S. The number of benzene rings is 2. The van der Waals surface area contributed by atoms with Crippen LogP contribution in [0.1, 0.15) is 12.5 Å². The Labute approximate surface area is 144 Å². The zero-order valence-electron chi connectivity index (χ0n) is 13.5. The molecule has 6 heteroatoms. The number of carbonyl (C=O) groups excluding carboxylic acids is 1. The summed E-state index contributed by atoms with van der Waals surface area (Å²) < 4.78 is 11.8. The van der Waals surface area contributed by atoms with Gasteiger partial charge in [0.05, 0.1) is 17.3 Å². The lowest BCUT2D eigenvalue weighted by Gasteiger charge is -2.09. The van der Waals surface area contributed by atoms with E-state index in [0.29, 0.717) is 16.6 Å². The van der Waals surface area contributed by atoms with E-state index in [1.165, 1.54) is 16.9 Å². The Bertz CT molecular complexity index is 860. The average molecular weight is 342 g/mol. The zero-order valence-corrected chi connectivity index (χ0v) is 14.4. The standard InChI is InChI=1S/C18H18N2O3S/c1-3-12-7-6-10-15-17(12)20-18(24-15)19-16(21)11-23-14-9-5-4-8-13(14)22-2/h4-10H,3,11H2,1-2H3,(H,19,20,21). The van der Waals surface area contributed by atoms with Crippen molar-refractivity contribution < 1.29 is 14.3 Å². The number of anilines is 1. The van der Waals surface area contributed by atoms with E-state index in [-0.39, 0.29) is 12.5 Å². The van der Waals surface area contributed by atoms with E-state index in [4.69, 9.17) is 9.47 Å². The van der Waals surface area contributed by atoms with Crippen LogP contribution >= 0.6 is 11.3 Å². The first-order chi connectivity index (χ1) is 11.7. The van der Waals surface area contributed by atoms with Crippen LogP contribution in [0.25, 0.3) is 10.2 Å². The number of carbonyl (C=O) groups is 1. The van der Waals surface area contributed by atoms with E-state index in [2.05, 4.69) is 23.3 Å². The molecule has 24 heavy (non-hydrogen) atoms. The maximum absolute atomic E-state index is 12.1. The number of thiazole rings is 1. The molecule has 0 saturated heterocycles. The molecule has 5 nitrogen and oxygen atoms in total. The molecule has 0 saturated carbocycles. The summed E-state index contributed by atoms with van der Waals surface area (Å²) >= 11 is 1.46. The molecule has 0 spiro atoms. The van der Waals surface area contributed by atoms with Gasteiger partial charge in [-0.1, -0.05) is 42.5 Å². The highest BCUT2D eigenvalue weighted by Gasteiger charge is 2.11. The topological polar surface area (TPSA) is 60.5 Å². The molecule has 0 aliphatic rings. The molecule has 3 rings (SSSR count). The monoisotopic (exact) mass is 342 g/mol. The van der Waals surface area contributed by atoms with Gasteiger partial charge in [-0.05, 0) is 30.2 Å². The van der Waals surface area contributed by atoms with Crippen molar-refractivity contribution in [2.45, 2.75) is 13.3 Å². The first-order valence-electron chi connectivity index (χ1n) is 7.65. The van der Waals surface area contributed by atoms with E-state index in [9.17, 15) is 4.79 Å². The molecule has 0 unspecified atom stereocenters. The van der Waals surface area contributed by atoms with Gasteiger partial charge in [0.2, 0.25) is 0 Å². The lowest BCUT2D eigenvalue weighted by Crippen LogP contribution is -2.20. The number of nitrogens with one attached hydrogen (secondary N) is 1. The summed E-state index contributed by atoms with van der Waals surface area (Å²) in [5.41, 5.74) is 2.13. The predicted octanol–water partition coefficient (Wildman–Crippen LogP) is 3.88. The number of hydrogen-bond donors (Lipinski definition) is 1. The van der Waals surface area contributed by atoms with Crippen LogP contribution in [0, 0.1) is 0 Å². The number of nitrogens with zero attached hydrogens (tertiary/aromatic N) is 1. The molecule has 3 aromatic rings. The van der Waals surface area contributed by atoms with E-state index < -0.39 is 0 Å². The number of methoxy groups -OCH3 is 1. The van der Waals surface area contributed by atoms with Gasteiger partial charge in [-0.2, -0.15) is 0 Å². The average Bonchev–Trinajstić information content (AvgIpc) is 3.02. The SMILES string of the molecule is CCc1cccc2sc(NC(=O)COc3ccccc3OC)nc12. The first-order valence-corrected chi connectivity index (χ1v) is 8.47. The molecule has 0 aliphatic carbocycles. The highest BCUT2D eigenvalue weighted by Crippen LogP contribution is 2.29. The van der Waals surface area contributed by atoms with E-state index in [1.807, 2.05) is 24.3 Å². The predicted molar refractivity (Wildman–Crippen MR) is 96.1 cm³/mol. The third-order valence-corrected chi connectivity index (χ3v) is 4.49. The van der Waals surface area contributed by atoms with Crippen molar-refractivity contribution >= 4 is 32.6 Å². The number of para-hydroxylation sites is 3. The van der Waals surface area contributed by atoms with Crippen LogP contribution in [0.15, 0.2) is 42.5 Å². The fourth-order valence-electron chi connectivity index (χ4n) is 2.38. The second-order valence-electron chi connectivity index (χ2n) is 5.12. The highest BCUT2D eigenvalue weighted by atomic mass is 32.1. The number of aromatic nitrogens is 1. The van der Waals surface area contributed by atoms with Crippen molar-refractivity contribution in [3.05, 3.63) is 48.0 Å². The van der Waals surface area contributed by atoms with E-state index >= 15 is 0 Å². The minimum atomic E-state index is -0.252. The molecule has 0 atom stereocenters. The Morgan fingerprint density at radius 1 is 1.17 bits per heavy atom. The van der Waals surface area contributed by atoms with Gasteiger partial charge < -0.3 is 9.47 Å². The third-order valence-electron chi connectivity index (χ3n) is 3.56. The minimum absolute atomic E-state index is 0.100. The molecule has 2 aromatic carbocycles. The van der Waals surface area contributed by atoms with Crippen LogP contribution in [0.5, 0.6) is 11.5 Å². The molecule has 1 aromatic heterocycles. The number of rotatable bonds is 6. The summed E-state index contributed by atoms with van der Waals surface area (Å²) in [5.74, 6) is 0.878. The van der Waals surface area contributed by atoms with Crippen LogP contribution in [-0.4, -0.2) is 24.6 Å². The lowest BCUT2D eigenvalue weighted by molar-refractivity contribution is -0.118. The van der Waals surface area contributed by atoms with Gasteiger partial charge in [0.25, 0.3) is 5.91 Å². The van der Waals surface area contributed by atoms with Crippen molar-refractivity contribution in [2.24, 2.45) is 0 Å². The molecule has 124 valence electrons. The summed E-state index contributed by atoms with van der Waals surface area (Å²) in [7, 11) is 1.56. The molecule has 0 radical (unpaired) electrons. The maximum atomic E-state index is 12.1. The number of hydrogen-bond acceptors (Lipinski definition) is 5. The largest absolute Gasteiger partial charge is 0.493 e. The van der Waals surface area contributed by atoms with Gasteiger partial charge in [0.1, 0.15) is 0 Å². The Kier molecular flexibility index (Phi) is 4.96. The van der Waals surface area contributed by atoms with Crippen molar-refractivity contribution in [1.29, 1.82) is 0 Å². The van der Waals surface area contributed by atoms with E-state index in [1.54, 1.807) is 19.2 Å². The Morgan fingerprint density at radius 3 is 2.71 bits per heavy atom. The van der Waals surface area contributed by atoms with Gasteiger partial charge in [-0.3, -0.25) is 10.1 Å². The first kappa shape index (κ1) is 16.3. The summed E-state index contributed by atoms with van der Waals surface area (Å²) in [6.07, 6.45) is 0.908. The quantitative estimate of drug-likeness (QED) is 0.738. The Balaban J connectivity index is 1.67. The minimum Gasteiger partial charge on any atom is -0.493 e. The van der Waals surface area contributed by atoms with E-state index in [0.717, 1.165) is 16.6 Å². The summed E-state index contributed by atoms with van der Waals surface area (Å²) in [6.45, 7) is 1.99. The fraction of sp³-hybridized carbons (Fsp3) is 0.222. The zero-order chi connectivity index (χ0) is 16.9. The van der Waals surface area contributed by atoms with Gasteiger partial charge in [0, 0.05) is 0 Å².